The molecule has 0 bridgehead atoms. The van der Waals surface area contributed by atoms with Crippen molar-refractivity contribution >= 4 is 17.5 Å². The minimum Gasteiger partial charge on any atom is -0.467 e. The summed E-state index contributed by atoms with van der Waals surface area (Å²) in [5, 5.41) is 15.3. The summed E-state index contributed by atoms with van der Waals surface area (Å²) in [4.78, 5) is 24.3. The molecule has 7 heteroatoms. The predicted molar refractivity (Wildman–Crippen MR) is 90.0 cm³/mol. The number of hydrogen-bond donors (Lipinski definition) is 3. The van der Waals surface area contributed by atoms with E-state index in [4.69, 9.17) is 9.15 Å². The molecule has 2 unspecified atom stereocenters. The highest BCUT2D eigenvalue weighted by molar-refractivity contribution is 5.98. The summed E-state index contributed by atoms with van der Waals surface area (Å²) in [5.74, 6) is -0.167. The van der Waals surface area contributed by atoms with Crippen molar-refractivity contribution in [1.82, 2.24) is 5.32 Å². The Bertz CT molecular complexity index is 723. The third-order valence-electron chi connectivity index (χ3n) is 3.94. The summed E-state index contributed by atoms with van der Waals surface area (Å²) < 4.78 is 10.4. The zero-order chi connectivity index (χ0) is 17.6. The van der Waals surface area contributed by atoms with Gasteiger partial charge in [-0.3, -0.25) is 9.59 Å². The summed E-state index contributed by atoms with van der Waals surface area (Å²) in [6, 6.07) is 9.92. The number of furan rings is 1. The topological polar surface area (TPSA) is 101 Å². The van der Waals surface area contributed by atoms with Crippen molar-refractivity contribution in [1.29, 1.82) is 0 Å². The summed E-state index contributed by atoms with van der Waals surface area (Å²) in [5.41, 5.74) is 0.913. The lowest BCUT2D eigenvalue weighted by Crippen LogP contribution is -2.29. The smallest absolute Gasteiger partial charge is 0.253 e. The first-order chi connectivity index (χ1) is 12.1. The monoisotopic (exact) mass is 344 g/mol. The Balaban J connectivity index is 1.56. The first-order valence-electron chi connectivity index (χ1n) is 8.15. The van der Waals surface area contributed by atoms with Crippen LogP contribution in [0.2, 0.25) is 0 Å². The van der Waals surface area contributed by atoms with Crippen molar-refractivity contribution in [3.63, 3.8) is 0 Å². The van der Waals surface area contributed by atoms with Crippen LogP contribution >= 0.6 is 0 Å². The fourth-order valence-corrected chi connectivity index (χ4v) is 2.62. The molecule has 25 heavy (non-hydrogen) atoms. The molecule has 2 amide bonds. The second kappa shape index (κ2) is 7.96. The molecule has 1 saturated heterocycles. The summed E-state index contributed by atoms with van der Waals surface area (Å²) in [6.07, 6.45) is 1.69. The molecule has 2 atom stereocenters. The number of hydrogen-bond acceptors (Lipinski definition) is 5. The van der Waals surface area contributed by atoms with E-state index < -0.39 is 12.2 Å². The van der Waals surface area contributed by atoms with Crippen molar-refractivity contribution in [2.75, 3.05) is 18.5 Å². The normalized spacial score (nSPS) is 17.9. The van der Waals surface area contributed by atoms with Gasteiger partial charge in [-0.1, -0.05) is 6.07 Å². The van der Waals surface area contributed by atoms with Crippen LogP contribution < -0.4 is 10.6 Å². The van der Waals surface area contributed by atoms with Gasteiger partial charge in [0, 0.05) is 17.9 Å². The molecule has 1 aliphatic heterocycles. The quantitative estimate of drug-likeness (QED) is 0.742. The SMILES string of the molecule is O=C(NCC(O)c1ccco1)c1cccc(NC(=O)C2CCCO2)c1. The molecule has 1 fully saturated rings. The number of benzene rings is 1. The predicted octanol–water partition coefficient (Wildman–Crippen LogP) is 1.86. The molecule has 0 aliphatic carbocycles. The van der Waals surface area contributed by atoms with Gasteiger partial charge in [0.05, 0.1) is 12.8 Å². The lowest BCUT2D eigenvalue weighted by molar-refractivity contribution is -0.124. The van der Waals surface area contributed by atoms with Crippen molar-refractivity contribution in [3.05, 3.63) is 54.0 Å². The number of rotatable bonds is 6. The molecule has 1 aromatic carbocycles. The average Bonchev–Trinajstić information content (AvgIpc) is 3.33. The highest BCUT2D eigenvalue weighted by atomic mass is 16.5. The number of aliphatic hydroxyl groups is 1. The van der Waals surface area contributed by atoms with Gasteiger partial charge in [0.1, 0.15) is 18.0 Å². The van der Waals surface area contributed by atoms with Crippen LogP contribution in [0.5, 0.6) is 0 Å². The summed E-state index contributed by atoms with van der Waals surface area (Å²) in [6.45, 7) is 0.622. The van der Waals surface area contributed by atoms with E-state index >= 15 is 0 Å². The fourth-order valence-electron chi connectivity index (χ4n) is 2.62. The second-order valence-electron chi connectivity index (χ2n) is 5.81. The van der Waals surface area contributed by atoms with Gasteiger partial charge < -0.3 is 24.9 Å². The van der Waals surface area contributed by atoms with Crippen molar-refractivity contribution in [2.24, 2.45) is 0 Å². The lowest BCUT2D eigenvalue weighted by Gasteiger charge is -2.12. The van der Waals surface area contributed by atoms with Crippen LogP contribution in [0.1, 0.15) is 35.1 Å². The first kappa shape index (κ1) is 17.2. The molecule has 0 spiro atoms. The van der Waals surface area contributed by atoms with Gasteiger partial charge in [-0.25, -0.2) is 0 Å². The standard InChI is InChI=1S/C18H20N2O5/c21-14(15-6-2-8-24-15)11-19-17(22)12-4-1-5-13(10-12)20-18(23)16-7-3-9-25-16/h1-2,4-6,8,10,14,16,21H,3,7,9,11H2,(H,19,22)(H,20,23). The van der Waals surface area contributed by atoms with Gasteiger partial charge in [0.25, 0.3) is 11.8 Å². The van der Waals surface area contributed by atoms with E-state index in [9.17, 15) is 14.7 Å². The molecule has 1 aromatic heterocycles. The van der Waals surface area contributed by atoms with Crippen LogP contribution in [-0.4, -0.2) is 36.2 Å². The molecule has 7 nitrogen and oxygen atoms in total. The molecule has 0 saturated carbocycles. The number of carbonyl (C=O) groups is 2. The fraction of sp³-hybridized carbons (Fsp3) is 0.333. The summed E-state index contributed by atoms with van der Waals surface area (Å²) >= 11 is 0. The van der Waals surface area contributed by atoms with E-state index in [-0.39, 0.29) is 18.4 Å². The van der Waals surface area contributed by atoms with E-state index in [1.165, 1.54) is 6.26 Å². The van der Waals surface area contributed by atoms with Gasteiger partial charge in [-0.15, -0.1) is 0 Å². The Morgan fingerprint density at radius 3 is 2.88 bits per heavy atom. The molecule has 2 aromatic rings. The maximum Gasteiger partial charge on any atom is 0.253 e. The van der Waals surface area contributed by atoms with Crippen molar-refractivity contribution in [3.8, 4) is 0 Å². The Morgan fingerprint density at radius 2 is 2.16 bits per heavy atom. The Morgan fingerprint density at radius 1 is 1.28 bits per heavy atom. The van der Waals surface area contributed by atoms with Crippen LogP contribution in [0.25, 0.3) is 0 Å². The van der Waals surface area contributed by atoms with Gasteiger partial charge >= 0.3 is 0 Å². The molecule has 2 heterocycles. The Labute approximate surface area is 145 Å². The second-order valence-corrected chi connectivity index (χ2v) is 5.81. The third kappa shape index (κ3) is 4.46. The van der Waals surface area contributed by atoms with E-state index in [0.717, 1.165) is 6.42 Å². The number of nitrogens with one attached hydrogen (secondary N) is 2. The molecule has 132 valence electrons. The third-order valence-corrected chi connectivity index (χ3v) is 3.94. The number of anilines is 1. The molecule has 3 N–H and O–H groups in total. The maximum atomic E-state index is 12.2. The van der Waals surface area contributed by atoms with E-state index in [2.05, 4.69) is 10.6 Å². The van der Waals surface area contributed by atoms with Gasteiger partial charge in [0.2, 0.25) is 0 Å². The number of carbonyl (C=O) groups excluding carboxylic acids is 2. The minimum atomic E-state index is -0.915. The van der Waals surface area contributed by atoms with Crippen LogP contribution in [0.4, 0.5) is 5.69 Å². The Kier molecular flexibility index (Phi) is 5.47. The van der Waals surface area contributed by atoms with Crippen LogP contribution in [-0.2, 0) is 9.53 Å². The molecule has 3 rings (SSSR count). The van der Waals surface area contributed by atoms with Crippen LogP contribution in [0.3, 0.4) is 0 Å². The van der Waals surface area contributed by atoms with Gasteiger partial charge in [-0.05, 0) is 43.2 Å². The van der Waals surface area contributed by atoms with Crippen LogP contribution in [0.15, 0.2) is 47.1 Å². The summed E-state index contributed by atoms with van der Waals surface area (Å²) in [7, 11) is 0. The maximum absolute atomic E-state index is 12.2. The largest absolute Gasteiger partial charge is 0.467 e. The molecular formula is C18H20N2O5. The van der Waals surface area contributed by atoms with E-state index in [1.54, 1.807) is 36.4 Å². The highest BCUT2D eigenvalue weighted by Crippen LogP contribution is 2.17. The lowest BCUT2D eigenvalue weighted by atomic mass is 10.1. The molecule has 0 radical (unpaired) electrons. The molecular weight excluding hydrogens is 324 g/mol. The molecule has 1 aliphatic rings. The highest BCUT2D eigenvalue weighted by Gasteiger charge is 2.23. The van der Waals surface area contributed by atoms with E-state index in [1.807, 2.05) is 0 Å². The number of aliphatic hydroxyl groups excluding tert-OH is 1. The van der Waals surface area contributed by atoms with Crippen molar-refractivity contribution < 1.29 is 23.8 Å². The number of amides is 2. The zero-order valence-electron chi connectivity index (χ0n) is 13.6. The van der Waals surface area contributed by atoms with Gasteiger partial charge in [-0.2, -0.15) is 0 Å². The Hall–Kier alpha value is -2.64. The minimum absolute atomic E-state index is 0.0266. The van der Waals surface area contributed by atoms with Crippen LogP contribution in [0, 0.1) is 0 Å². The average molecular weight is 344 g/mol. The van der Waals surface area contributed by atoms with Gasteiger partial charge in [0.15, 0.2) is 0 Å². The first-order valence-corrected chi connectivity index (χ1v) is 8.15. The van der Waals surface area contributed by atoms with Crippen molar-refractivity contribution in [2.45, 2.75) is 25.0 Å². The van der Waals surface area contributed by atoms with E-state index in [0.29, 0.717) is 30.0 Å². The number of ether oxygens (including phenoxy) is 1. The zero-order valence-corrected chi connectivity index (χ0v) is 13.6.